The van der Waals surface area contributed by atoms with Gasteiger partial charge in [-0.3, -0.25) is 9.59 Å². The van der Waals surface area contributed by atoms with Crippen LogP contribution in [0, 0.1) is 5.41 Å². The van der Waals surface area contributed by atoms with Crippen molar-refractivity contribution in [2.75, 3.05) is 23.3 Å². The van der Waals surface area contributed by atoms with E-state index < -0.39 is 0 Å². The highest BCUT2D eigenvalue weighted by Gasteiger charge is 2.33. The Morgan fingerprint density at radius 2 is 1.92 bits per heavy atom. The van der Waals surface area contributed by atoms with E-state index in [1.807, 2.05) is 29.2 Å². The molecule has 0 radical (unpaired) electrons. The second kappa shape index (κ2) is 9.38. The summed E-state index contributed by atoms with van der Waals surface area (Å²) in [5, 5.41) is 3.01. The Hall–Kier alpha value is -1.59. The normalized spacial score (nSPS) is 19.6. The van der Waals surface area contributed by atoms with Gasteiger partial charge in [-0.2, -0.15) is 0 Å². The van der Waals surface area contributed by atoms with Crippen molar-refractivity contribution < 1.29 is 9.59 Å². The number of anilines is 2. The second-order valence-corrected chi connectivity index (χ2v) is 7.54. The van der Waals surface area contributed by atoms with Crippen molar-refractivity contribution in [3.8, 4) is 0 Å². The van der Waals surface area contributed by atoms with Crippen LogP contribution in [0.3, 0.4) is 0 Å². The molecule has 0 spiro atoms. The molecule has 5 nitrogen and oxygen atoms in total. The van der Waals surface area contributed by atoms with Crippen LogP contribution < -0.4 is 16.0 Å². The van der Waals surface area contributed by atoms with Crippen molar-refractivity contribution in [1.29, 1.82) is 0 Å². The molecular formula is C20H30ClN3O2. The number of nitrogens with one attached hydrogen (secondary N) is 1. The summed E-state index contributed by atoms with van der Waals surface area (Å²) in [5.74, 6) is 0.188. The monoisotopic (exact) mass is 379 g/mol. The van der Waals surface area contributed by atoms with Crippen molar-refractivity contribution >= 4 is 35.6 Å². The van der Waals surface area contributed by atoms with Crippen LogP contribution in [0.2, 0.25) is 0 Å². The fourth-order valence-electron chi connectivity index (χ4n) is 4.13. The summed E-state index contributed by atoms with van der Waals surface area (Å²) >= 11 is 0. The standard InChI is InChI=1S/C20H29N3O2.ClH/c21-15-20(10-3-1-4-11-20)14-18(24)22-16-7-6-8-17(13-16)23-12-5-2-9-19(23)25;/h6-8,13H,1-5,9-12,14-15,21H2,(H,22,24);1H. The van der Waals surface area contributed by atoms with Gasteiger partial charge in [0, 0.05) is 30.8 Å². The zero-order valence-electron chi connectivity index (χ0n) is 15.3. The predicted octanol–water partition coefficient (Wildman–Crippen LogP) is 3.86. The zero-order valence-corrected chi connectivity index (χ0v) is 16.2. The first-order chi connectivity index (χ1) is 12.1. The molecule has 3 rings (SSSR count). The molecular weight excluding hydrogens is 350 g/mol. The summed E-state index contributed by atoms with van der Waals surface area (Å²) in [7, 11) is 0. The molecule has 1 aliphatic heterocycles. The summed E-state index contributed by atoms with van der Waals surface area (Å²) in [5.41, 5.74) is 7.58. The fourth-order valence-corrected chi connectivity index (χ4v) is 4.13. The number of piperidine rings is 1. The minimum absolute atomic E-state index is 0. The molecule has 1 aromatic carbocycles. The third-order valence-electron chi connectivity index (χ3n) is 5.65. The Morgan fingerprint density at radius 3 is 2.62 bits per heavy atom. The highest BCUT2D eigenvalue weighted by Crippen LogP contribution is 2.38. The average molecular weight is 380 g/mol. The van der Waals surface area contributed by atoms with Gasteiger partial charge in [0.2, 0.25) is 11.8 Å². The molecule has 3 N–H and O–H groups in total. The zero-order chi connectivity index (χ0) is 17.7. The van der Waals surface area contributed by atoms with E-state index in [0.29, 0.717) is 19.4 Å². The highest BCUT2D eigenvalue weighted by atomic mass is 35.5. The molecule has 0 bridgehead atoms. The van der Waals surface area contributed by atoms with Gasteiger partial charge in [-0.25, -0.2) is 0 Å². The number of rotatable bonds is 5. The van der Waals surface area contributed by atoms with Crippen molar-refractivity contribution in [2.45, 2.75) is 57.8 Å². The van der Waals surface area contributed by atoms with Crippen LogP contribution in [0.4, 0.5) is 11.4 Å². The number of carbonyl (C=O) groups is 2. The molecule has 6 heteroatoms. The van der Waals surface area contributed by atoms with Crippen LogP contribution in [-0.2, 0) is 9.59 Å². The SMILES string of the molecule is Cl.NCC1(CC(=O)Nc2cccc(N3CCCCC3=O)c2)CCCCC1. The second-order valence-electron chi connectivity index (χ2n) is 7.54. The maximum absolute atomic E-state index is 12.5. The van der Waals surface area contributed by atoms with Gasteiger partial charge in [0.25, 0.3) is 0 Å². The Kier molecular flexibility index (Phi) is 7.47. The number of nitrogens with two attached hydrogens (primary N) is 1. The lowest BCUT2D eigenvalue weighted by Crippen LogP contribution is -2.36. The summed E-state index contributed by atoms with van der Waals surface area (Å²) in [6.45, 7) is 1.33. The van der Waals surface area contributed by atoms with Crippen LogP contribution in [0.5, 0.6) is 0 Å². The van der Waals surface area contributed by atoms with Crippen LogP contribution in [0.15, 0.2) is 24.3 Å². The topological polar surface area (TPSA) is 75.4 Å². The first-order valence-corrected chi connectivity index (χ1v) is 9.52. The molecule has 1 saturated carbocycles. The smallest absolute Gasteiger partial charge is 0.226 e. The molecule has 1 saturated heterocycles. The van der Waals surface area contributed by atoms with Crippen LogP contribution in [0.25, 0.3) is 0 Å². The lowest BCUT2D eigenvalue weighted by atomic mass is 9.71. The molecule has 1 aliphatic carbocycles. The van der Waals surface area contributed by atoms with Crippen molar-refractivity contribution in [1.82, 2.24) is 0 Å². The van der Waals surface area contributed by atoms with Crippen molar-refractivity contribution in [3.05, 3.63) is 24.3 Å². The van der Waals surface area contributed by atoms with E-state index in [0.717, 1.165) is 56.4 Å². The minimum Gasteiger partial charge on any atom is -0.330 e. The molecule has 0 aromatic heterocycles. The lowest BCUT2D eigenvalue weighted by Gasteiger charge is -2.35. The van der Waals surface area contributed by atoms with E-state index in [-0.39, 0.29) is 29.6 Å². The van der Waals surface area contributed by atoms with Crippen LogP contribution in [-0.4, -0.2) is 24.9 Å². The van der Waals surface area contributed by atoms with Gasteiger partial charge in [-0.05, 0) is 55.8 Å². The third kappa shape index (κ3) is 4.98. The highest BCUT2D eigenvalue weighted by molar-refractivity contribution is 5.96. The summed E-state index contributed by atoms with van der Waals surface area (Å²) in [6.07, 6.45) is 8.74. The number of halogens is 1. The van der Waals surface area contributed by atoms with Gasteiger partial charge in [-0.15, -0.1) is 12.4 Å². The maximum atomic E-state index is 12.5. The number of amides is 2. The van der Waals surface area contributed by atoms with Crippen molar-refractivity contribution in [3.63, 3.8) is 0 Å². The van der Waals surface area contributed by atoms with E-state index >= 15 is 0 Å². The molecule has 1 aromatic rings. The lowest BCUT2D eigenvalue weighted by molar-refractivity contribution is -0.120. The van der Waals surface area contributed by atoms with Crippen LogP contribution in [0.1, 0.15) is 57.8 Å². The van der Waals surface area contributed by atoms with E-state index in [9.17, 15) is 9.59 Å². The van der Waals surface area contributed by atoms with Gasteiger partial charge in [0.05, 0.1) is 0 Å². The van der Waals surface area contributed by atoms with E-state index in [2.05, 4.69) is 5.32 Å². The summed E-state index contributed by atoms with van der Waals surface area (Å²) in [6, 6.07) is 7.61. The molecule has 144 valence electrons. The number of hydrogen-bond acceptors (Lipinski definition) is 3. The Labute approximate surface area is 162 Å². The van der Waals surface area contributed by atoms with E-state index in [4.69, 9.17) is 5.73 Å². The Morgan fingerprint density at radius 1 is 1.15 bits per heavy atom. The van der Waals surface area contributed by atoms with Crippen molar-refractivity contribution in [2.24, 2.45) is 11.1 Å². The Bertz CT molecular complexity index is 629. The number of carbonyl (C=O) groups excluding carboxylic acids is 2. The predicted molar refractivity (Wildman–Crippen MR) is 108 cm³/mol. The number of benzene rings is 1. The van der Waals surface area contributed by atoms with E-state index in [1.165, 1.54) is 6.42 Å². The first kappa shape index (κ1) is 20.7. The fraction of sp³-hybridized carbons (Fsp3) is 0.600. The third-order valence-corrected chi connectivity index (χ3v) is 5.65. The average Bonchev–Trinajstić information content (AvgIpc) is 2.63. The van der Waals surface area contributed by atoms with Gasteiger partial charge in [-0.1, -0.05) is 25.3 Å². The molecule has 26 heavy (non-hydrogen) atoms. The summed E-state index contributed by atoms with van der Waals surface area (Å²) < 4.78 is 0. The molecule has 2 aliphatic rings. The van der Waals surface area contributed by atoms with Crippen LogP contribution >= 0.6 is 12.4 Å². The van der Waals surface area contributed by atoms with Gasteiger partial charge >= 0.3 is 0 Å². The first-order valence-electron chi connectivity index (χ1n) is 9.52. The number of nitrogens with zero attached hydrogens (tertiary/aromatic N) is 1. The van der Waals surface area contributed by atoms with Gasteiger partial charge < -0.3 is 16.0 Å². The Balaban J connectivity index is 0.00000243. The molecule has 0 atom stereocenters. The van der Waals surface area contributed by atoms with Gasteiger partial charge in [0.1, 0.15) is 0 Å². The molecule has 0 unspecified atom stereocenters. The van der Waals surface area contributed by atoms with E-state index in [1.54, 1.807) is 0 Å². The maximum Gasteiger partial charge on any atom is 0.226 e. The largest absolute Gasteiger partial charge is 0.330 e. The van der Waals surface area contributed by atoms with Gasteiger partial charge in [0.15, 0.2) is 0 Å². The molecule has 2 fully saturated rings. The number of hydrogen-bond donors (Lipinski definition) is 2. The molecule has 2 amide bonds. The minimum atomic E-state index is -0.0389. The molecule has 1 heterocycles. The quantitative estimate of drug-likeness (QED) is 0.815. The summed E-state index contributed by atoms with van der Waals surface area (Å²) in [4.78, 5) is 26.5.